The van der Waals surface area contributed by atoms with E-state index in [0.29, 0.717) is 11.3 Å². The van der Waals surface area contributed by atoms with Crippen molar-refractivity contribution in [3.63, 3.8) is 0 Å². The Labute approximate surface area is 186 Å². The highest BCUT2D eigenvalue weighted by molar-refractivity contribution is 7.92. The summed E-state index contributed by atoms with van der Waals surface area (Å²) >= 11 is 0. The molecule has 0 bridgehead atoms. The molecule has 32 heavy (non-hydrogen) atoms. The monoisotopic (exact) mass is 454 g/mol. The van der Waals surface area contributed by atoms with Crippen molar-refractivity contribution in [2.75, 3.05) is 19.0 Å². The van der Waals surface area contributed by atoms with Crippen LogP contribution in [-0.4, -0.2) is 38.3 Å². The van der Waals surface area contributed by atoms with Gasteiger partial charge in [-0.1, -0.05) is 42.5 Å². The molecule has 0 radical (unpaired) electrons. The number of rotatable bonds is 9. The second kappa shape index (κ2) is 10.6. The van der Waals surface area contributed by atoms with Gasteiger partial charge in [-0.2, -0.15) is 4.31 Å². The van der Waals surface area contributed by atoms with Crippen molar-refractivity contribution in [3.05, 3.63) is 95.3 Å². The van der Waals surface area contributed by atoms with Gasteiger partial charge in [0.05, 0.1) is 37.7 Å². The quantitative estimate of drug-likeness (QED) is 0.496. The minimum atomic E-state index is -3.97. The molecule has 1 aromatic heterocycles. The number of anilines is 1. The molecule has 0 aliphatic carbocycles. The number of amides is 1. The van der Waals surface area contributed by atoms with Crippen LogP contribution in [-0.2, 0) is 26.1 Å². The molecule has 1 heterocycles. The molecular weight excluding hydrogens is 432 g/mol. The predicted molar refractivity (Wildman–Crippen MR) is 120 cm³/mol. The number of para-hydroxylation sites is 1. The minimum Gasteiger partial charge on any atom is -0.468 e. The standard InChI is InChI=1S/C23H22N2O6S/c1-30-23(27)20-11-5-6-12-21(20)24-22(26)17-25(16-19-10-7-14-31-19)32(28,29)15-13-18-8-3-2-4-9-18/h2-15H,16-17H2,1H3,(H,24,26)/b15-13+. The number of esters is 1. The first-order chi connectivity index (χ1) is 15.4. The molecule has 2 aromatic carbocycles. The van der Waals surface area contributed by atoms with Crippen molar-refractivity contribution < 1.29 is 27.2 Å². The molecule has 0 unspecified atom stereocenters. The molecule has 0 saturated heterocycles. The summed E-state index contributed by atoms with van der Waals surface area (Å²) in [7, 11) is -2.74. The molecule has 166 valence electrons. The molecule has 0 atom stereocenters. The number of nitrogens with zero attached hydrogens (tertiary/aromatic N) is 1. The summed E-state index contributed by atoms with van der Waals surface area (Å²) in [6.07, 6.45) is 2.88. The van der Waals surface area contributed by atoms with Crippen LogP contribution in [0.2, 0.25) is 0 Å². The number of furan rings is 1. The second-order valence-corrected chi connectivity index (χ2v) is 8.51. The molecular formula is C23H22N2O6S. The SMILES string of the molecule is COC(=O)c1ccccc1NC(=O)CN(Cc1ccco1)S(=O)(=O)/C=C/c1ccccc1. The molecule has 3 rings (SSSR count). The lowest BCUT2D eigenvalue weighted by Gasteiger charge is -2.19. The minimum absolute atomic E-state index is 0.138. The van der Waals surface area contributed by atoms with Crippen LogP contribution >= 0.6 is 0 Å². The van der Waals surface area contributed by atoms with Gasteiger partial charge < -0.3 is 14.5 Å². The van der Waals surface area contributed by atoms with Gasteiger partial charge in [0.25, 0.3) is 0 Å². The van der Waals surface area contributed by atoms with Gasteiger partial charge in [0.1, 0.15) is 5.76 Å². The first-order valence-corrected chi connectivity index (χ1v) is 11.1. The van der Waals surface area contributed by atoms with Gasteiger partial charge in [-0.3, -0.25) is 4.79 Å². The van der Waals surface area contributed by atoms with E-state index in [-0.39, 0.29) is 17.8 Å². The summed E-state index contributed by atoms with van der Waals surface area (Å²) in [6.45, 7) is -0.627. The Hall–Kier alpha value is -3.69. The number of carbonyl (C=O) groups excluding carboxylic acids is 2. The molecule has 0 aliphatic rings. The maximum atomic E-state index is 13.0. The summed E-state index contributed by atoms with van der Waals surface area (Å²) < 4.78 is 36.9. The lowest BCUT2D eigenvalue weighted by Crippen LogP contribution is -2.36. The molecule has 0 aliphatic heterocycles. The van der Waals surface area contributed by atoms with E-state index in [9.17, 15) is 18.0 Å². The first kappa shape index (κ1) is 23.0. The van der Waals surface area contributed by atoms with Crippen molar-refractivity contribution in [3.8, 4) is 0 Å². The number of benzene rings is 2. The molecule has 8 nitrogen and oxygen atoms in total. The number of methoxy groups -OCH3 is 1. The molecule has 9 heteroatoms. The van der Waals surface area contributed by atoms with E-state index < -0.39 is 28.4 Å². The van der Waals surface area contributed by atoms with Crippen LogP contribution in [0, 0.1) is 0 Å². The van der Waals surface area contributed by atoms with Gasteiger partial charge >= 0.3 is 5.97 Å². The van der Waals surface area contributed by atoms with Gasteiger partial charge in [0.15, 0.2) is 0 Å². The van der Waals surface area contributed by atoms with Crippen LogP contribution in [0.5, 0.6) is 0 Å². The summed E-state index contributed by atoms with van der Waals surface area (Å²) in [4.78, 5) is 24.6. The topological polar surface area (TPSA) is 106 Å². The lowest BCUT2D eigenvalue weighted by molar-refractivity contribution is -0.116. The third-order valence-corrected chi connectivity index (χ3v) is 5.89. The van der Waals surface area contributed by atoms with Crippen molar-refractivity contribution >= 4 is 33.7 Å². The van der Waals surface area contributed by atoms with E-state index in [1.807, 2.05) is 6.07 Å². The Bertz CT molecular complexity index is 1190. The van der Waals surface area contributed by atoms with E-state index in [1.54, 1.807) is 48.5 Å². The van der Waals surface area contributed by atoms with Gasteiger partial charge in [-0.05, 0) is 35.9 Å². The Balaban J connectivity index is 1.81. The average Bonchev–Trinajstić information content (AvgIpc) is 3.31. The number of sulfonamides is 1. The van der Waals surface area contributed by atoms with Crippen LogP contribution in [0.15, 0.2) is 82.8 Å². The summed E-state index contributed by atoms with van der Waals surface area (Å²) in [6, 6.07) is 18.5. The number of carbonyl (C=O) groups is 2. The van der Waals surface area contributed by atoms with Crippen LogP contribution in [0.3, 0.4) is 0 Å². The van der Waals surface area contributed by atoms with E-state index in [1.165, 1.54) is 31.6 Å². The molecule has 0 saturated carbocycles. The Kier molecular flexibility index (Phi) is 7.58. The van der Waals surface area contributed by atoms with Gasteiger partial charge in [0.2, 0.25) is 15.9 Å². The maximum Gasteiger partial charge on any atom is 0.339 e. The van der Waals surface area contributed by atoms with Gasteiger partial charge in [-0.15, -0.1) is 0 Å². The maximum absolute atomic E-state index is 13.0. The predicted octanol–water partition coefficient (Wildman–Crippen LogP) is 3.51. The van der Waals surface area contributed by atoms with Crippen molar-refractivity contribution in [2.45, 2.75) is 6.54 Å². The zero-order valence-electron chi connectivity index (χ0n) is 17.3. The average molecular weight is 455 g/mol. The highest BCUT2D eigenvalue weighted by Gasteiger charge is 2.24. The van der Waals surface area contributed by atoms with Crippen LogP contribution in [0.1, 0.15) is 21.7 Å². The van der Waals surface area contributed by atoms with E-state index in [0.717, 1.165) is 9.71 Å². The van der Waals surface area contributed by atoms with E-state index >= 15 is 0 Å². The van der Waals surface area contributed by atoms with Crippen molar-refractivity contribution in [2.24, 2.45) is 0 Å². The van der Waals surface area contributed by atoms with Crippen molar-refractivity contribution in [1.82, 2.24) is 4.31 Å². The zero-order valence-corrected chi connectivity index (χ0v) is 18.1. The van der Waals surface area contributed by atoms with Gasteiger partial charge in [0, 0.05) is 5.41 Å². The fraction of sp³-hybridized carbons (Fsp3) is 0.130. The summed E-state index contributed by atoms with van der Waals surface area (Å²) in [5, 5.41) is 3.62. The second-order valence-electron chi connectivity index (χ2n) is 6.69. The number of hydrogen-bond donors (Lipinski definition) is 1. The molecule has 1 amide bonds. The highest BCUT2D eigenvalue weighted by atomic mass is 32.2. The Morgan fingerprint density at radius 3 is 2.44 bits per heavy atom. The number of nitrogens with one attached hydrogen (secondary N) is 1. The fourth-order valence-corrected chi connectivity index (χ4v) is 3.96. The summed E-state index contributed by atoms with van der Waals surface area (Å²) in [5.41, 5.74) is 1.08. The highest BCUT2D eigenvalue weighted by Crippen LogP contribution is 2.18. The number of ether oxygens (including phenoxy) is 1. The molecule has 3 aromatic rings. The normalized spacial score (nSPS) is 11.6. The molecule has 0 spiro atoms. The first-order valence-electron chi connectivity index (χ1n) is 9.62. The van der Waals surface area contributed by atoms with E-state index in [4.69, 9.17) is 9.15 Å². The third kappa shape index (κ3) is 6.16. The van der Waals surface area contributed by atoms with Crippen LogP contribution < -0.4 is 5.32 Å². The third-order valence-electron chi connectivity index (χ3n) is 4.43. The Morgan fingerprint density at radius 1 is 1.03 bits per heavy atom. The van der Waals surface area contributed by atoms with E-state index in [2.05, 4.69) is 5.32 Å². The molecule has 1 N–H and O–H groups in total. The lowest BCUT2D eigenvalue weighted by atomic mass is 10.2. The van der Waals surface area contributed by atoms with Gasteiger partial charge in [-0.25, -0.2) is 13.2 Å². The summed E-state index contributed by atoms with van der Waals surface area (Å²) in [5.74, 6) is -0.860. The largest absolute Gasteiger partial charge is 0.468 e. The smallest absolute Gasteiger partial charge is 0.339 e. The fourth-order valence-electron chi connectivity index (χ4n) is 2.86. The Morgan fingerprint density at radius 2 is 1.75 bits per heavy atom. The molecule has 0 fully saturated rings. The number of hydrogen-bond acceptors (Lipinski definition) is 6. The van der Waals surface area contributed by atoms with Crippen molar-refractivity contribution in [1.29, 1.82) is 0 Å². The van der Waals surface area contributed by atoms with Crippen LogP contribution in [0.25, 0.3) is 6.08 Å². The van der Waals surface area contributed by atoms with Crippen LogP contribution in [0.4, 0.5) is 5.69 Å². The zero-order chi connectivity index (χ0) is 23.0.